The summed E-state index contributed by atoms with van der Waals surface area (Å²) in [5.41, 5.74) is 0. The van der Waals surface area contributed by atoms with Crippen LogP contribution in [0.4, 0.5) is 0 Å². The van der Waals surface area contributed by atoms with E-state index in [4.69, 9.17) is 27.1 Å². The summed E-state index contributed by atoms with van der Waals surface area (Å²) in [4.78, 5) is 0. The van der Waals surface area contributed by atoms with Crippen LogP contribution in [-0.2, 0) is 14.2 Å². The minimum atomic E-state index is 0.125. The van der Waals surface area contributed by atoms with Crippen molar-refractivity contribution in [2.75, 3.05) is 19.8 Å². The molecule has 0 aromatic carbocycles. The third-order valence-electron chi connectivity index (χ3n) is 3.26. The van der Waals surface area contributed by atoms with Crippen LogP contribution in [0.2, 0.25) is 0 Å². The summed E-state index contributed by atoms with van der Waals surface area (Å²) >= 11 is 0. The third kappa shape index (κ3) is 2.23. The normalized spacial score (nSPS) is 36.6. The van der Waals surface area contributed by atoms with Crippen LogP contribution < -0.4 is 0 Å². The van der Waals surface area contributed by atoms with E-state index in [0.717, 1.165) is 12.8 Å². The van der Waals surface area contributed by atoms with Crippen LogP contribution in [0.25, 0.3) is 0 Å². The Morgan fingerprint density at radius 2 is 1.75 bits per heavy atom. The second-order valence-corrected chi connectivity index (χ2v) is 4.15. The fraction of sp³-hybridized carbons (Fsp3) is 0.692. The SMILES string of the molecule is C#CCOC1COC2C(OCC#C)CCC12. The molecule has 2 fully saturated rings. The quantitative estimate of drug-likeness (QED) is 0.657. The van der Waals surface area contributed by atoms with Gasteiger partial charge in [0.25, 0.3) is 0 Å². The van der Waals surface area contributed by atoms with Gasteiger partial charge in [0.1, 0.15) is 13.2 Å². The van der Waals surface area contributed by atoms with E-state index < -0.39 is 0 Å². The fourth-order valence-corrected chi connectivity index (χ4v) is 2.58. The van der Waals surface area contributed by atoms with E-state index in [2.05, 4.69) is 11.8 Å². The molecule has 16 heavy (non-hydrogen) atoms. The predicted molar refractivity (Wildman–Crippen MR) is 59.6 cm³/mol. The van der Waals surface area contributed by atoms with Crippen molar-refractivity contribution in [2.45, 2.75) is 31.2 Å². The van der Waals surface area contributed by atoms with E-state index in [0.29, 0.717) is 25.7 Å². The van der Waals surface area contributed by atoms with Crippen molar-refractivity contribution in [1.29, 1.82) is 0 Å². The number of hydrogen-bond acceptors (Lipinski definition) is 3. The third-order valence-corrected chi connectivity index (χ3v) is 3.26. The van der Waals surface area contributed by atoms with Gasteiger partial charge < -0.3 is 14.2 Å². The van der Waals surface area contributed by atoms with Crippen molar-refractivity contribution in [1.82, 2.24) is 0 Å². The van der Waals surface area contributed by atoms with E-state index >= 15 is 0 Å². The highest BCUT2D eigenvalue weighted by Crippen LogP contribution is 2.39. The average Bonchev–Trinajstić information content (AvgIpc) is 2.86. The second-order valence-electron chi connectivity index (χ2n) is 4.15. The van der Waals surface area contributed by atoms with Crippen LogP contribution in [0.15, 0.2) is 0 Å². The Hall–Kier alpha value is -1.00. The lowest BCUT2D eigenvalue weighted by Gasteiger charge is -2.18. The highest BCUT2D eigenvalue weighted by molar-refractivity contribution is 4.97. The van der Waals surface area contributed by atoms with E-state index in [-0.39, 0.29) is 18.3 Å². The molecule has 2 aliphatic rings. The summed E-state index contributed by atoms with van der Waals surface area (Å²) in [6, 6.07) is 0. The highest BCUT2D eigenvalue weighted by atomic mass is 16.6. The molecule has 0 radical (unpaired) electrons. The molecule has 0 bridgehead atoms. The maximum Gasteiger partial charge on any atom is 0.107 e. The van der Waals surface area contributed by atoms with Gasteiger partial charge in [-0.25, -0.2) is 0 Å². The van der Waals surface area contributed by atoms with Crippen molar-refractivity contribution >= 4 is 0 Å². The van der Waals surface area contributed by atoms with E-state index in [9.17, 15) is 0 Å². The summed E-state index contributed by atoms with van der Waals surface area (Å²) < 4.78 is 16.8. The monoisotopic (exact) mass is 220 g/mol. The van der Waals surface area contributed by atoms with Gasteiger partial charge in [-0.15, -0.1) is 12.8 Å². The molecule has 1 aliphatic heterocycles. The minimum Gasteiger partial charge on any atom is -0.372 e. The van der Waals surface area contributed by atoms with Gasteiger partial charge in [-0.05, 0) is 12.8 Å². The summed E-state index contributed by atoms with van der Waals surface area (Å²) in [7, 11) is 0. The molecule has 1 aliphatic carbocycles. The Morgan fingerprint density at radius 1 is 1.06 bits per heavy atom. The van der Waals surface area contributed by atoms with Gasteiger partial charge in [0.15, 0.2) is 0 Å². The van der Waals surface area contributed by atoms with Gasteiger partial charge in [-0.3, -0.25) is 0 Å². The lowest BCUT2D eigenvalue weighted by molar-refractivity contribution is -0.0304. The van der Waals surface area contributed by atoms with E-state index in [1.807, 2.05) is 0 Å². The first kappa shape index (κ1) is 11.5. The highest BCUT2D eigenvalue weighted by Gasteiger charge is 2.47. The molecule has 3 nitrogen and oxygen atoms in total. The zero-order valence-electron chi connectivity index (χ0n) is 9.22. The fourth-order valence-electron chi connectivity index (χ4n) is 2.58. The number of ether oxygens (including phenoxy) is 3. The largest absolute Gasteiger partial charge is 0.372 e. The average molecular weight is 220 g/mol. The molecule has 1 heterocycles. The maximum atomic E-state index is 5.71. The topological polar surface area (TPSA) is 27.7 Å². The van der Waals surface area contributed by atoms with E-state index in [1.54, 1.807) is 0 Å². The van der Waals surface area contributed by atoms with Gasteiger partial charge in [-0.2, -0.15) is 0 Å². The van der Waals surface area contributed by atoms with Gasteiger partial charge in [-0.1, -0.05) is 11.8 Å². The number of fused-ring (bicyclic) bond motifs is 1. The summed E-state index contributed by atoms with van der Waals surface area (Å²) in [6.45, 7) is 1.33. The zero-order chi connectivity index (χ0) is 11.4. The molecule has 0 spiro atoms. The Kier molecular flexibility index (Phi) is 3.85. The van der Waals surface area contributed by atoms with Crippen LogP contribution in [0.1, 0.15) is 12.8 Å². The van der Waals surface area contributed by atoms with Gasteiger partial charge in [0, 0.05) is 5.92 Å². The van der Waals surface area contributed by atoms with Crippen LogP contribution in [0.3, 0.4) is 0 Å². The Morgan fingerprint density at radius 3 is 2.44 bits per heavy atom. The Balaban J connectivity index is 1.86. The van der Waals surface area contributed by atoms with Gasteiger partial charge >= 0.3 is 0 Å². The minimum absolute atomic E-state index is 0.125. The predicted octanol–water partition coefficient (Wildman–Crippen LogP) is 0.832. The number of rotatable bonds is 4. The van der Waals surface area contributed by atoms with Crippen LogP contribution in [0.5, 0.6) is 0 Å². The standard InChI is InChI=1S/C13H16O3/c1-3-7-14-11-6-5-10-12(15-8-4-2)9-16-13(10)11/h1-2,10-13H,5-9H2. The molecule has 1 saturated carbocycles. The molecule has 2 rings (SSSR count). The lowest BCUT2D eigenvalue weighted by Crippen LogP contribution is -2.29. The molecule has 3 heteroatoms. The Bertz CT molecular complexity index is 280. The summed E-state index contributed by atoms with van der Waals surface area (Å²) in [6.07, 6.45) is 12.8. The molecule has 4 atom stereocenters. The van der Waals surface area contributed by atoms with Crippen molar-refractivity contribution in [3.8, 4) is 24.7 Å². The molecule has 0 N–H and O–H groups in total. The van der Waals surface area contributed by atoms with Crippen molar-refractivity contribution < 1.29 is 14.2 Å². The van der Waals surface area contributed by atoms with Crippen molar-refractivity contribution in [3.63, 3.8) is 0 Å². The summed E-state index contributed by atoms with van der Waals surface area (Å²) in [5, 5.41) is 0. The zero-order valence-corrected chi connectivity index (χ0v) is 9.22. The van der Waals surface area contributed by atoms with Crippen LogP contribution >= 0.6 is 0 Å². The summed E-state index contributed by atoms with van der Waals surface area (Å²) in [5.74, 6) is 5.38. The van der Waals surface area contributed by atoms with Crippen molar-refractivity contribution in [3.05, 3.63) is 0 Å². The first-order chi connectivity index (χ1) is 7.86. The van der Waals surface area contributed by atoms with E-state index in [1.165, 1.54) is 0 Å². The molecule has 86 valence electrons. The number of hydrogen-bond donors (Lipinski definition) is 0. The molecule has 1 saturated heterocycles. The molecule has 4 unspecified atom stereocenters. The maximum absolute atomic E-state index is 5.71. The first-order valence-corrected chi connectivity index (χ1v) is 5.58. The molecular formula is C13H16O3. The Labute approximate surface area is 96.4 Å². The molecular weight excluding hydrogens is 204 g/mol. The lowest BCUT2D eigenvalue weighted by atomic mass is 10.0. The molecule has 0 aromatic rings. The second kappa shape index (κ2) is 5.37. The molecule has 0 amide bonds. The molecule has 0 aromatic heterocycles. The van der Waals surface area contributed by atoms with Gasteiger partial charge in [0.2, 0.25) is 0 Å². The van der Waals surface area contributed by atoms with Crippen molar-refractivity contribution in [2.24, 2.45) is 5.92 Å². The first-order valence-electron chi connectivity index (χ1n) is 5.58. The van der Waals surface area contributed by atoms with Crippen LogP contribution in [0, 0.1) is 30.6 Å². The van der Waals surface area contributed by atoms with Crippen LogP contribution in [-0.4, -0.2) is 38.1 Å². The number of terminal acetylenes is 2. The van der Waals surface area contributed by atoms with Gasteiger partial charge in [0.05, 0.1) is 24.9 Å². The smallest absolute Gasteiger partial charge is 0.107 e.